The molecular weight excluding hydrogens is 262 g/mol. The van der Waals surface area contributed by atoms with Crippen LogP contribution in [0.3, 0.4) is 0 Å². The van der Waals surface area contributed by atoms with Gasteiger partial charge in [0.05, 0.1) is 12.7 Å². The Labute approximate surface area is 128 Å². The molecule has 0 bridgehead atoms. The molecule has 0 radical (unpaired) electrons. The normalized spacial score (nSPS) is 26.4. The van der Waals surface area contributed by atoms with E-state index in [1.165, 1.54) is 12.8 Å². The van der Waals surface area contributed by atoms with Crippen molar-refractivity contribution in [2.45, 2.75) is 71.3 Å². The number of aryl methyl sites for hydroxylation is 1. The lowest BCUT2D eigenvalue weighted by Crippen LogP contribution is -2.31. The Morgan fingerprint density at radius 1 is 1.33 bits per heavy atom. The van der Waals surface area contributed by atoms with Gasteiger partial charge in [0.25, 0.3) is 0 Å². The molecule has 21 heavy (non-hydrogen) atoms. The Kier molecular flexibility index (Phi) is 5.26. The van der Waals surface area contributed by atoms with Crippen molar-refractivity contribution in [3.8, 4) is 5.75 Å². The summed E-state index contributed by atoms with van der Waals surface area (Å²) >= 11 is 0. The second-order valence-electron chi connectivity index (χ2n) is 6.65. The number of aliphatic hydroxyl groups is 1. The van der Waals surface area contributed by atoms with Crippen molar-refractivity contribution in [2.24, 2.45) is 5.92 Å². The molecule has 1 fully saturated rings. The zero-order valence-electron chi connectivity index (χ0n) is 13.9. The van der Waals surface area contributed by atoms with Gasteiger partial charge in [-0.25, -0.2) is 0 Å². The van der Waals surface area contributed by atoms with Crippen LogP contribution in [0, 0.1) is 19.8 Å². The predicted octanol–water partition coefficient (Wildman–Crippen LogP) is 3.97. The molecule has 1 N–H and O–H groups in total. The molecule has 1 saturated carbocycles. The number of hydrogen-bond donors (Lipinski definition) is 1. The second kappa shape index (κ2) is 6.78. The molecule has 2 rings (SSSR count). The van der Waals surface area contributed by atoms with Crippen LogP contribution in [0.2, 0.25) is 0 Å². The maximum Gasteiger partial charge on any atom is 0.128 e. The molecule has 0 amide bonds. The first-order valence-electron chi connectivity index (χ1n) is 8.20. The van der Waals surface area contributed by atoms with Crippen molar-refractivity contribution in [2.75, 3.05) is 7.11 Å². The minimum Gasteiger partial charge on any atom is -0.496 e. The van der Waals surface area contributed by atoms with Crippen molar-refractivity contribution >= 4 is 0 Å². The molecule has 3 heteroatoms. The minimum atomic E-state index is -0.595. The summed E-state index contributed by atoms with van der Waals surface area (Å²) in [4.78, 5) is 4.56. The SMILES string of the molecule is CCC1CCCC(O)(Cc2ncc(C)c(OC)c2C)CC1. The first kappa shape index (κ1) is 16.3. The smallest absolute Gasteiger partial charge is 0.128 e. The highest BCUT2D eigenvalue weighted by Gasteiger charge is 2.32. The largest absolute Gasteiger partial charge is 0.496 e. The highest BCUT2D eigenvalue weighted by molar-refractivity contribution is 5.41. The van der Waals surface area contributed by atoms with Gasteiger partial charge in [-0.1, -0.05) is 26.2 Å². The average Bonchev–Trinajstić information content (AvgIpc) is 2.65. The van der Waals surface area contributed by atoms with Crippen LogP contribution in [0.1, 0.15) is 62.3 Å². The summed E-state index contributed by atoms with van der Waals surface area (Å²) in [6, 6.07) is 0. The second-order valence-corrected chi connectivity index (χ2v) is 6.65. The Hall–Kier alpha value is -1.09. The molecule has 118 valence electrons. The van der Waals surface area contributed by atoms with Crippen LogP contribution in [-0.2, 0) is 6.42 Å². The molecule has 0 saturated heterocycles. The lowest BCUT2D eigenvalue weighted by molar-refractivity contribution is 0.0231. The van der Waals surface area contributed by atoms with E-state index >= 15 is 0 Å². The van der Waals surface area contributed by atoms with Crippen LogP contribution < -0.4 is 4.74 Å². The zero-order valence-corrected chi connectivity index (χ0v) is 13.9. The van der Waals surface area contributed by atoms with Gasteiger partial charge < -0.3 is 9.84 Å². The Bertz CT molecular complexity index is 486. The van der Waals surface area contributed by atoms with Gasteiger partial charge >= 0.3 is 0 Å². The quantitative estimate of drug-likeness (QED) is 0.853. The molecule has 2 atom stereocenters. The third kappa shape index (κ3) is 3.76. The van der Waals surface area contributed by atoms with Crippen LogP contribution in [0.25, 0.3) is 0 Å². The Morgan fingerprint density at radius 3 is 2.76 bits per heavy atom. The number of nitrogens with zero attached hydrogens (tertiary/aromatic N) is 1. The van der Waals surface area contributed by atoms with E-state index in [1.54, 1.807) is 7.11 Å². The van der Waals surface area contributed by atoms with Gasteiger partial charge in [0.1, 0.15) is 5.75 Å². The van der Waals surface area contributed by atoms with E-state index in [1.807, 2.05) is 20.0 Å². The van der Waals surface area contributed by atoms with Gasteiger partial charge in [-0.05, 0) is 39.0 Å². The Balaban J connectivity index is 2.17. The fourth-order valence-electron chi connectivity index (χ4n) is 3.61. The van der Waals surface area contributed by atoms with Crippen LogP contribution in [0.4, 0.5) is 0 Å². The van der Waals surface area contributed by atoms with E-state index in [2.05, 4.69) is 11.9 Å². The summed E-state index contributed by atoms with van der Waals surface area (Å²) in [6.07, 6.45) is 9.02. The molecule has 2 unspecified atom stereocenters. The van der Waals surface area contributed by atoms with Gasteiger partial charge in [0, 0.05) is 29.4 Å². The van der Waals surface area contributed by atoms with E-state index in [0.29, 0.717) is 6.42 Å². The number of pyridine rings is 1. The van der Waals surface area contributed by atoms with E-state index in [9.17, 15) is 5.11 Å². The third-order valence-corrected chi connectivity index (χ3v) is 5.10. The molecule has 1 aliphatic rings. The highest BCUT2D eigenvalue weighted by Crippen LogP contribution is 2.35. The Morgan fingerprint density at radius 2 is 2.10 bits per heavy atom. The molecule has 3 nitrogen and oxygen atoms in total. The van der Waals surface area contributed by atoms with E-state index in [4.69, 9.17) is 4.74 Å². The maximum atomic E-state index is 11.0. The van der Waals surface area contributed by atoms with Crippen molar-refractivity contribution in [3.05, 3.63) is 23.0 Å². The van der Waals surface area contributed by atoms with Crippen LogP contribution in [0.15, 0.2) is 6.20 Å². The molecule has 1 aliphatic carbocycles. The van der Waals surface area contributed by atoms with E-state index in [0.717, 1.165) is 54.2 Å². The maximum absolute atomic E-state index is 11.0. The lowest BCUT2D eigenvalue weighted by atomic mass is 9.87. The molecule has 1 aromatic rings. The van der Waals surface area contributed by atoms with Crippen molar-refractivity contribution in [3.63, 3.8) is 0 Å². The highest BCUT2D eigenvalue weighted by atomic mass is 16.5. The standard InChI is InChI=1S/C18H29NO2/c1-5-15-7-6-9-18(20,10-8-15)11-16-14(3)17(21-4)13(2)12-19-16/h12,15,20H,5-11H2,1-4H3. The summed E-state index contributed by atoms with van der Waals surface area (Å²) < 4.78 is 5.48. The number of rotatable bonds is 4. The first-order chi connectivity index (χ1) is 9.99. The first-order valence-corrected chi connectivity index (χ1v) is 8.20. The zero-order chi connectivity index (χ0) is 15.5. The van der Waals surface area contributed by atoms with Crippen LogP contribution >= 0.6 is 0 Å². The third-order valence-electron chi connectivity index (χ3n) is 5.10. The number of hydrogen-bond acceptors (Lipinski definition) is 3. The topological polar surface area (TPSA) is 42.4 Å². The van der Waals surface area contributed by atoms with Crippen LogP contribution in [0.5, 0.6) is 5.75 Å². The molecule has 0 aromatic carbocycles. The van der Waals surface area contributed by atoms with Crippen molar-refractivity contribution in [1.82, 2.24) is 4.98 Å². The van der Waals surface area contributed by atoms with Crippen molar-refractivity contribution < 1.29 is 9.84 Å². The van der Waals surface area contributed by atoms with Gasteiger partial charge in [-0.2, -0.15) is 0 Å². The summed E-state index contributed by atoms with van der Waals surface area (Å²) in [5.41, 5.74) is 2.51. The van der Waals surface area contributed by atoms with Gasteiger partial charge in [0.2, 0.25) is 0 Å². The molecule has 1 heterocycles. The van der Waals surface area contributed by atoms with E-state index < -0.39 is 5.60 Å². The fraction of sp³-hybridized carbons (Fsp3) is 0.722. The summed E-state index contributed by atoms with van der Waals surface area (Å²) in [5, 5.41) is 11.0. The molecule has 1 aromatic heterocycles. The van der Waals surface area contributed by atoms with Gasteiger partial charge in [0.15, 0.2) is 0 Å². The minimum absolute atomic E-state index is 0.595. The van der Waals surface area contributed by atoms with Crippen molar-refractivity contribution in [1.29, 1.82) is 0 Å². The number of aromatic nitrogens is 1. The number of ether oxygens (including phenoxy) is 1. The van der Waals surface area contributed by atoms with Gasteiger partial charge in [-0.3, -0.25) is 4.98 Å². The summed E-state index contributed by atoms with van der Waals surface area (Å²) in [5.74, 6) is 1.68. The molecular formula is C18H29NO2. The molecule has 0 spiro atoms. The fourth-order valence-corrected chi connectivity index (χ4v) is 3.61. The lowest BCUT2D eigenvalue weighted by Gasteiger charge is -2.27. The summed E-state index contributed by atoms with van der Waals surface area (Å²) in [7, 11) is 1.70. The van der Waals surface area contributed by atoms with E-state index in [-0.39, 0.29) is 0 Å². The number of methoxy groups -OCH3 is 1. The van der Waals surface area contributed by atoms with Gasteiger partial charge in [-0.15, -0.1) is 0 Å². The summed E-state index contributed by atoms with van der Waals surface area (Å²) in [6.45, 7) is 6.31. The predicted molar refractivity (Wildman–Crippen MR) is 85.8 cm³/mol. The molecule has 0 aliphatic heterocycles. The average molecular weight is 291 g/mol. The monoisotopic (exact) mass is 291 g/mol. The van der Waals surface area contributed by atoms with Crippen LogP contribution in [-0.4, -0.2) is 22.8 Å².